The van der Waals surface area contributed by atoms with Crippen LogP contribution in [0.15, 0.2) is 24.3 Å². The molecule has 4 nitrogen and oxygen atoms in total. The van der Waals surface area contributed by atoms with Crippen LogP contribution in [-0.4, -0.2) is 38.2 Å². The van der Waals surface area contributed by atoms with Gasteiger partial charge in [-0.15, -0.1) is 0 Å². The van der Waals surface area contributed by atoms with Gasteiger partial charge in [0.15, 0.2) is 0 Å². The molecule has 100 valence electrons. The lowest BCUT2D eigenvalue weighted by molar-refractivity contribution is -0.144. The highest BCUT2D eigenvalue weighted by Gasteiger charge is 2.18. The number of nitrogens with zero attached hydrogens (tertiary/aromatic N) is 1. The molecule has 0 N–H and O–H groups in total. The van der Waals surface area contributed by atoms with E-state index in [9.17, 15) is 4.79 Å². The first-order valence-electron chi connectivity index (χ1n) is 6.08. The standard InChI is InChI=1S/C14H21NO3/c1-5-18-14(16)10-15(3)11(2)12-8-6-7-9-13(12)17-4/h6-9,11H,5,10H2,1-4H3. The van der Waals surface area contributed by atoms with Crippen molar-refractivity contribution in [3.05, 3.63) is 29.8 Å². The highest BCUT2D eigenvalue weighted by atomic mass is 16.5. The Balaban J connectivity index is 2.73. The lowest BCUT2D eigenvalue weighted by atomic mass is 10.1. The summed E-state index contributed by atoms with van der Waals surface area (Å²) >= 11 is 0. The summed E-state index contributed by atoms with van der Waals surface area (Å²) in [6.45, 7) is 4.53. The molecular weight excluding hydrogens is 230 g/mol. The largest absolute Gasteiger partial charge is 0.496 e. The summed E-state index contributed by atoms with van der Waals surface area (Å²) in [6.07, 6.45) is 0. The second-order valence-corrected chi connectivity index (χ2v) is 4.14. The van der Waals surface area contributed by atoms with Gasteiger partial charge in [-0.1, -0.05) is 18.2 Å². The second kappa shape index (κ2) is 7.01. The number of benzene rings is 1. The molecule has 1 aromatic carbocycles. The normalized spacial score (nSPS) is 12.3. The van der Waals surface area contributed by atoms with E-state index in [0.717, 1.165) is 11.3 Å². The van der Waals surface area contributed by atoms with Crippen LogP contribution in [0, 0.1) is 0 Å². The van der Waals surface area contributed by atoms with Crippen molar-refractivity contribution < 1.29 is 14.3 Å². The highest BCUT2D eigenvalue weighted by molar-refractivity contribution is 5.71. The maximum absolute atomic E-state index is 11.4. The van der Waals surface area contributed by atoms with E-state index < -0.39 is 0 Å². The summed E-state index contributed by atoms with van der Waals surface area (Å²) in [5.74, 6) is 0.627. The van der Waals surface area contributed by atoms with Crippen molar-refractivity contribution in [1.29, 1.82) is 0 Å². The first kappa shape index (κ1) is 14.5. The number of hydrogen-bond acceptors (Lipinski definition) is 4. The Kier molecular flexibility index (Phi) is 5.65. The molecule has 4 heteroatoms. The van der Waals surface area contributed by atoms with E-state index in [1.165, 1.54) is 0 Å². The van der Waals surface area contributed by atoms with Gasteiger partial charge in [0.1, 0.15) is 5.75 Å². The van der Waals surface area contributed by atoms with Gasteiger partial charge in [-0.2, -0.15) is 0 Å². The van der Waals surface area contributed by atoms with Gasteiger partial charge >= 0.3 is 5.97 Å². The third-order valence-corrected chi connectivity index (χ3v) is 2.93. The third-order valence-electron chi connectivity index (χ3n) is 2.93. The number of carbonyl (C=O) groups excluding carboxylic acids is 1. The molecule has 0 aromatic heterocycles. The molecule has 1 rings (SSSR count). The lowest BCUT2D eigenvalue weighted by Gasteiger charge is -2.25. The summed E-state index contributed by atoms with van der Waals surface area (Å²) < 4.78 is 10.3. The molecular formula is C14H21NO3. The van der Waals surface area contributed by atoms with Crippen molar-refractivity contribution in [1.82, 2.24) is 4.90 Å². The van der Waals surface area contributed by atoms with Crippen LogP contribution in [-0.2, 0) is 9.53 Å². The number of carbonyl (C=O) groups is 1. The Morgan fingerprint density at radius 3 is 2.67 bits per heavy atom. The van der Waals surface area contributed by atoms with E-state index in [-0.39, 0.29) is 18.6 Å². The molecule has 0 aliphatic rings. The molecule has 1 aromatic rings. The van der Waals surface area contributed by atoms with E-state index in [1.54, 1.807) is 7.11 Å². The van der Waals surface area contributed by atoms with Gasteiger partial charge in [0.2, 0.25) is 0 Å². The Morgan fingerprint density at radius 1 is 1.39 bits per heavy atom. The maximum atomic E-state index is 11.4. The first-order chi connectivity index (χ1) is 8.60. The Hall–Kier alpha value is -1.55. The fourth-order valence-electron chi connectivity index (χ4n) is 1.80. The monoisotopic (exact) mass is 251 g/mol. The zero-order valence-corrected chi connectivity index (χ0v) is 11.5. The lowest BCUT2D eigenvalue weighted by Crippen LogP contribution is -2.30. The van der Waals surface area contributed by atoms with Gasteiger partial charge in [0, 0.05) is 11.6 Å². The Labute approximate surface area is 108 Å². The van der Waals surface area contributed by atoms with Crippen LogP contribution in [0.3, 0.4) is 0 Å². The Bertz CT molecular complexity index is 392. The van der Waals surface area contributed by atoms with Crippen molar-refractivity contribution in [3.63, 3.8) is 0 Å². The molecule has 0 aliphatic carbocycles. The molecule has 0 heterocycles. The average molecular weight is 251 g/mol. The number of likely N-dealkylation sites (N-methyl/N-ethyl adjacent to an activating group) is 1. The maximum Gasteiger partial charge on any atom is 0.320 e. The average Bonchev–Trinajstić information content (AvgIpc) is 2.38. The topological polar surface area (TPSA) is 38.8 Å². The highest BCUT2D eigenvalue weighted by Crippen LogP contribution is 2.27. The van der Waals surface area contributed by atoms with Crippen LogP contribution in [0.2, 0.25) is 0 Å². The molecule has 0 radical (unpaired) electrons. The molecule has 0 aliphatic heterocycles. The summed E-state index contributed by atoms with van der Waals surface area (Å²) in [4.78, 5) is 13.4. The number of hydrogen-bond donors (Lipinski definition) is 0. The molecule has 0 spiro atoms. The first-order valence-corrected chi connectivity index (χ1v) is 6.08. The fraction of sp³-hybridized carbons (Fsp3) is 0.500. The number of methoxy groups -OCH3 is 1. The van der Waals surface area contributed by atoms with Gasteiger partial charge in [-0.3, -0.25) is 9.69 Å². The van der Waals surface area contributed by atoms with Crippen molar-refractivity contribution in [2.45, 2.75) is 19.9 Å². The number of rotatable bonds is 6. The minimum Gasteiger partial charge on any atom is -0.496 e. The van der Waals surface area contributed by atoms with Gasteiger partial charge < -0.3 is 9.47 Å². The molecule has 18 heavy (non-hydrogen) atoms. The van der Waals surface area contributed by atoms with Crippen LogP contribution >= 0.6 is 0 Å². The SMILES string of the molecule is CCOC(=O)CN(C)C(C)c1ccccc1OC. The van der Waals surface area contributed by atoms with Crippen LogP contribution in [0.1, 0.15) is 25.5 Å². The fourth-order valence-corrected chi connectivity index (χ4v) is 1.80. The predicted octanol–water partition coefficient (Wildman–Crippen LogP) is 2.25. The van der Waals surface area contributed by atoms with Gasteiger partial charge in [0.05, 0.1) is 20.3 Å². The molecule has 0 saturated heterocycles. The van der Waals surface area contributed by atoms with Crippen molar-refractivity contribution in [2.75, 3.05) is 27.3 Å². The second-order valence-electron chi connectivity index (χ2n) is 4.14. The van der Waals surface area contributed by atoms with Crippen LogP contribution in [0.5, 0.6) is 5.75 Å². The summed E-state index contributed by atoms with van der Waals surface area (Å²) in [5, 5.41) is 0. The van der Waals surface area contributed by atoms with Crippen LogP contribution in [0.4, 0.5) is 0 Å². The molecule has 0 saturated carbocycles. The molecule has 0 fully saturated rings. The third kappa shape index (κ3) is 3.74. The summed E-state index contributed by atoms with van der Waals surface area (Å²) in [7, 11) is 3.55. The minimum absolute atomic E-state index is 0.0885. The number of esters is 1. The van der Waals surface area contributed by atoms with Crippen molar-refractivity contribution in [3.8, 4) is 5.75 Å². The minimum atomic E-state index is -0.207. The molecule has 1 unspecified atom stereocenters. The molecule has 0 amide bonds. The molecule has 1 atom stereocenters. The van der Waals surface area contributed by atoms with E-state index in [1.807, 2.05) is 50.1 Å². The van der Waals surface area contributed by atoms with E-state index >= 15 is 0 Å². The zero-order chi connectivity index (χ0) is 13.5. The molecule has 0 bridgehead atoms. The quantitative estimate of drug-likeness (QED) is 0.727. The van der Waals surface area contributed by atoms with Gasteiger partial charge in [0.25, 0.3) is 0 Å². The van der Waals surface area contributed by atoms with E-state index in [4.69, 9.17) is 9.47 Å². The Morgan fingerprint density at radius 2 is 2.06 bits per heavy atom. The van der Waals surface area contributed by atoms with E-state index in [2.05, 4.69) is 0 Å². The predicted molar refractivity (Wildman–Crippen MR) is 70.7 cm³/mol. The number of para-hydroxylation sites is 1. The van der Waals surface area contributed by atoms with Crippen LogP contribution in [0.25, 0.3) is 0 Å². The van der Waals surface area contributed by atoms with Crippen molar-refractivity contribution in [2.24, 2.45) is 0 Å². The van der Waals surface area contributed by atoms with E-state index in [0.29, 0.717) is 6.61 Å². The van der Waals surface area contributed by atoms with Crippen LogP contribution < -0.4 is 4.74 Å². The van der Waals surface area contributed by atoms with Gasteiger partial charge in [-0.05, 0) is 27.0 Å². The summed E-state index contributed by atoms with van der Waals surface area (Å²) in [5.41, 5.74) is 1.06. The summed E-state index contributed by atoms with van der Waals surface area (Å²) in [6, 6.07) is 7.91. The van der Waals surface area contributed by atoms with Gasteiger partial charge in [-0.25, -0.2) is 0 Å². The number of ether oxygens (including phenoxy) is 2. The zero-order valence-electron chi connectivity index (χ0n) is 11.5. The van der Waals surface area contributed by atoms with Crippen molar-refractivity contribution >= 4 is 5.97 Å². The smallest absolute Gasteiger partial charge is 0.320 e.